The van der Waals surface area contributed by atoms with Crippen molar-refractivity contribution in [3.05, 3.63) is 67.7 Å². The molecule has 8 nitrogen and oxygen atoms in total. The molecule has 3 rings (SSSR count). The predicted molar refractivity (Wildman–Crippen MR) is 93.5 cm³/mol. The summed E-state index contributed by atoms with van der Waals surface area (Å²) in [5, 5.41) is 21.7. The molecule has 0 amide bonds. The van der Waals surface area contributed by atoms with Crippen molar-refractivity contribution in [2.45, 2.75) is 26.9 Å². The van der Waals surface area contributed by atoms with Gasteiger partial charge >= 0.3 is 11.4 Å². The summed E-state index contributed by atoms with van der Waals surface area (Å²) in [6.45, 7) is 3.45. The summed E-state index contributed by atoms with van der Waals surface area (Å²) in [5.74, 6) is -0.333. The van der Waals surface area contributed by atoms with E-state index in [0.717, 1.165) is 0 Å². The van der Waals surface area contributed by atoms with Crippen LogP contribution in [0.2, 0.25) is 0 Å². The van der Waals surface area contributed by atoms with Crippen LogP contribution in [0.25, 0.3) is 11.0 Å². The monoisotopic (exact) mass is 356 g/mol. The zero-order valence-corrected chi connectivity index (χ0v) is 14.2. The van der Waals surface area contributed by atoms with Crippen molar-refractivity contribution in [3.63, 3.8) is 0 Å². The summed E-state index contributed by atoms with van der Waals surface area (Å²) in [7, 11) is 0. The van der Waals surface area contributed by atoms with Crippen LogP contribution in [0.15, 0.2) is 39.5 Å². The molecule has 0 atom stereocenters. The zero-order chi connectivity index (χ0) is 18.8. The number of phenols is 1. The lowest BCUT2D eigenvalue weighted by atomic mass is 10.0. The van der Waals surface area contributed by atoms with Crippen LogP contribution >= 0.6 is 0 Å². The van der Waals surface area contributed by atoms with Gasteiger partial charge in [-0.3, -0.25) is 0 Å². The average molecular weight is 356 g/mol. The molecule has 2 heterocycles. The molecule has 3 aromatic rings. The first-order chi connectivity index (χ1) is 12.4. The molecule has 26 heavy (non-hydrogen) atoms. The third-order valence-corrected chi connectivity index (χ3v) is 3.94. The standard InChI is InChI=1S/C18H16N2O6/c1-3-11-6-13-12(7-17(22)26-16(13)8-14(11)21)9-25-15-5-4-10(2)19-18(15)20(23)24/h4-8,21H,3,9H2,1-2H3. The molecule has 0 aliphatic heterocycles. The maximum Gasteiger partial charge on any atom is 0.406 e. The molecule has 1 N–H and O–H groups in total. The number of nitrogens with zero attached hydrogens (tertiary/aromatic N) is 2. The summed E-state index contributed by atoms with van der Waals surface area (Å²) in [6.07, 6.45) is 0.592. The van der Waals surface area contributed by atoms with Crippen LogP contribution in [-0.2, 0) is 13.0 Å². The highest BCUT2D eigenvalue weighted by molar-refractivity contribution is 5.82. The van der Waals surface area contributed by atoms with E-state index < -0.39 is 10.5 Å². The Bertz CT molecular complexity index is 1060. The number of aryl methyl sites for hydroxylation is 2. The summed E-state index contributed by atoms with van der Waals surface area (Å²) in [6, 6.07) is 7.44. The molecule has 8 heteroatoms. The van der Waals surface area contributed by atoms with Gasteiger partial charge in [0.15, 0.2) is 0 Å². The highest BCUT2D eigenvalue weighted by atomic mass is 16.6. The Hall–Kier alpha value is -3.42. The zero-order valence-electron chi connectivity index (χ0n) is 14.2. The smallest absolute Gasteiger partial charge is 0.406 e. The van der Waals surface area contributed by atoms with Crippen molar-refractivity contribution in [1.82, 2.24) is 4.98 Å². The number of fused-ring (bicyclic) bond motifs is 1. The van der Waals surface area contributed by atoms with Crippen LogP contribution in [0.5, 0.6) is 11.5 Å². The minimum absolute atomic E-state index is 0.0106. The maximum absolute atomic E-state index is 11.8. The van der Waals surface area contributed by atoms with Crippen molar-refractivity contribution >= 4 is 16.8 Å². The lowest BCUT2D eigenvalue weighted by Crippen LogP contribution is -2.06. The topological polar surface area (TPSA) is 116 Å². The molecule has 134 valence electrons. The normalized spacial score (nSPS) is 10.8. The van der Waals surface area contributed by atoms with Gasteiger partial charge in [0.1, 0.15) is 23.6 Å². The van der Waals surface area contributed by atoms with Crippen LogP contribution < -0.4 is 10.4 Å². The second-order valence-corrected chi connectivity index (χ2v) is 5.74. The summed E-state index contributed by atoms with van der Waals surface area (Å²) in [5.41, 5.74) is 1.31. The fraction of sp³-hybridized carbons (Fsp3) is 0.222. The van der Waals surface area contributed by atoms with Gasteiger partial charge in [-0.15, -0.1) is 0 Å². The van der Waals surface area contributed by atoms with E-state index in [1.54, 1.807) is 19.1 Å². The number of phenolic OH excluding ortho intramolecular Hbond substituents is 1. The molecule has 1 aromatic carbocycles. The van der Waals surface area contributed by atoms with Gasteiger partial charge in [-0.05, 0) is 40.1 Å². The van der Waals surface area contributed by atoms with E-state index in [2.05, 4.69) is 4.98 Å². The quantitative estimate of drug-likeness (QED) is 0.424. The molecule has 0 fully saturated rings. The Morgan fingerprint density at radius 2 is 2.04 bits per heavy atom. The molecule has 0 radical (unpaired) electrons. The molecule has 0 unspecified atom stereocenters. The molecule has 2 aromatic heterocycles. The number of nitro groups is 1. The largest absolute Gasteiger partial charge is 0.508 e. The first-order valence-corrected chi connectivity index (χ1v) is 7.92. The Morgan fingerprint density at radius 1 is 1.27 bits per heavy atom. The van der Waals surface area contributed by atoms with E-state index in [0.29, 0.717) is 28.6 Å². The molecule has 0 saturated heterocycles. The van der Waals surface area contributed by atoms with E-state index in [9.17, 15) is 20.0 Å². The summed E-state index contributed by atoms with van der Waals surface area (Å²) < 4.78 is 10.7. The molecule has 0 saturated carbocycles. The number of hydrogen-bond donors (Lipinski definition) is 1. The lowest BCUT2D eigenvalue weighted by Gasteiger charge is -2.10. The van der Waals surface area contributed by atoms with Crippen LogP contribution in [0.4, 0.5) is 5.82 Å². The van der Waals surface area contributed by atoms with Crippen LogP contribution in [0, 0.1) is 17.0 Å². The summed E-state index contributed by atoms with van der Waals surface area (Å²) >= 11 is 0. The summed E-state index contributed by atoms with van der Waals surface area (Å²) in [4.78, 5) is 26.2. The van der Waals surface area contributed by atoms with Gasteiger partial charge in [-0.25, -0.2) is 4.79 Å². The lowest BCUT2D eigenvalue weighted by molar-refractivity contribution is -0.390. The van der Waals surface area contributed by atoms with E-state index in [1.165, 1.54) is 18.2 Å². The van der Waals surface area contributed by atoms with Crippen molar-refractivity contribution in [1.29, 1.82) is 0 Å². The number of pyridine rings is 1. The molecule has 0 aliphatic rings. The first-order valence-electron chi connectivity index (χ1n) is 7.92. The van der Waals surface area contributed by atoms with Gasteiger partial charge in [0.2, 0.25) is 5.75 Å². The van der Waals surface area contributed by atoms with Gasteiger partial charge in [0, 0.05) is 30.0 Å². The minimum Gasteiger partial charge on any atom is -0.508 e. The Balaban J connectivity index is 2.02. The van der Waals surface area contributed by atoms with Crippen LogP contribution in [-0.4, -0.2) is 15.0 Å². The third kappa shape index (κ3) is 3.34. The van der Waals surface area contributed by atoms with Gasteiger partial charge in [-0.1, -0.05) is 6.92 Å². The number of aromatic hydroxyl groups is 1. The number of benzene rings is 1. The van der Waals surface area contributed by atoms with E-state index in [4.69, 9.17) is 9.15 Å². The fourth-order valence-corrected chi connectivity index (χ4v) is 2.64. The maximum atomic E-state index is 11.8. The van der Waals surface area contributed by atoms with Gasteiger partial charge in [0.25, 0.3) is 0 Å². The Labute approximate surface area is 147 Å². The van der Waals surface area contributed by atoms with Gasteiger partial charge in [-0.2, -0.15) is 0 Å². The average Bonchev–Trinajstić information content (AvgIpc) is 2.59. The van der Waals surface area contributed by atoms with Crippen LogP contribution in [0.3, 0.4) is 0 Å². The van der Waals surface area contributed by atoms with Crippen LogP contribution in [0.1, 0.15) is 23.7 Å². The second-order valence-electron chi connectivity index (χ2n) is 5.74. The van der Waals surface area contributed by atoms with Crippen molar-refractivity contribution in [2.75, 3.05) is 0 Å². The number of aromatic nitrogens is 1. The van der Waals surface area contributed by atoms with E-state index in [1.807, 2.05) is 6.92 Å². The predicted octanol–water partition coefficient (Wildman–Crippen LogP) is 3.25. The van der Waals surface area contributed by atoms with Crippen molar-refractivity contribution < 1.29 is 19.2 Å². The van der Waals surface area contributed by atoms with Gasteiger partial charge < -0.3 is 24.4 Å². The Kier molecular flexibility index (Phi) is 4.57. The molecule has 0 aliphatic carbocycles. The third-order valence-electron chi connectivity index (χ3n) is 3.94. The Morgan fingerprint density at radius 3 is 2.73 bits per heavy atom. The van der Waals surface area contributed by atoms with E-state index in [-0.39, 0.29) is 29.5 Å². The molecule has 0 spiro atoms. The fourth-order valence-electron chi connectivity index (χ4n) is 2.64. The van der Waals surface area contributed by atoms with Gasteiger partial charge in [0.05, 0.1) is 0 Å². The van der Waals surface area contributed by atoms with Crippen molar-refractivity contribution in [3.8, 4) is 11.5 Å². The second kappa shape index (κ2) is 6.83. The molecular weight excluding hydrogens is 340 g/mol. The SMILES string of the molecule is CCc1cc2c(COc3ccc(C)nc3[N+](=O)[O-])cc(=O)oc2cc1O. The number of rotatable bonds is 5. The van der Waals surface area contributed by atoms with E-state index >= 15 is 0 Å². The number of hydrogen-bond acceptors (Lipinski definition) is 7. The first kappa shape index (κ1) is 17.4. The highest BCUT2D eigenvalue weighted by Gasteiger charge is 2.18. The molecule has 0 bridgehead atoms. The number of ether oxygens (including phenoxy) is 1. The highest BCUT2D eigenvalue weighted by Crippen LogP contribution is 2.29. The van der Waals surface area contributed by atoms with Crippen molar-refractivity contribution in [2.24, 2.45) is 0 Å². The molecular formula is C18H16N2O6. The minimum atomic E-state index is -0.618.